The second-order valence-corrected chi connectivity index (χ2v) is 5.86. The van der Waals surface area contributed by atoms with Gasteiger partial charge >= 0.3 is 0 Å². The van der Waals surface area contributed by atoms with Gasteiger partial charge in [-0.1, -0.05) is 12.1 Å². The summed E-state index contributed by atoms with van der Waals surface area (Å²) in [5.74, 6) is 1.35. The summed E-state index contributed by atoms with van der Waals surface area (Å²) in [7, 11) is 5.73. The molecule has 0 aliphatic carbocycles. The highest BCUT2D eigenvalue weighted by Crippen LogP contribution is 2.26. The molecule has 0 bridgehead atoms. The topological polar surface area (TPSA) is 58.8 Å². The number of benzene rings is 1. The van der Waals surface area contributed by atoms with Gasteiger partial charge in [-0.3, -0.25) is 4.79 Å². The summed E-state index contributed by atoms with van der Waals surface area (Å²) in [4.78, 5) is 16.2. The Morgan fingerprint density at radius 1 is 1.48 bits per heavy atom. The predicted molar refractivity (Wildman–Crippen MR) is 83.2 cm³/mol. The zero-order chi connectivity index (χ0) is 15.4. The van der Waals surface area contributed by atoms with E-state index < -0.39 is 0 Å². The highest BCUT2D eigenvalue weighted by atomic mass is 16.5. The Morgan fingerprint density at radius 2 is 2.24 bits per heavy atom. The number of carbonyl (C=O) groups excluding carboxylic acids is 1. The Balaban J connectivity index is 2.14. The van der Waals surface area contributed by atoms with Crippen LogP contribution in [0.25, 0.3) is 0 Å². The van der Waals surface area contributed by atoms with Gasteiger partial charge in [0.1, 0.15) is 5.75 Å². The molecule has 1 aliphatic heterocycles. The van der Waals surface area contributed by atoms with E-state index in [0.29, 0.717) is 25.4 Å². The quantitative estimate of drug-likeness (QED) is 0.853. The number of carbonyl (C=O) groups is 1. The summed E-state index contributed by atoms with van der Waals surface area (Å²) in [6.45, 7) is 2.03. The van der Waals surface area contributed by atoms with Gasteiger partial charge in [-0.05, 0) is 44.3 Å². The number of hydrogen-bond donors (Lipinski definition) is 1. The Hall–Kier alpha value is -1.59. The third-order valence-electron chi connectivity index (χ3n) is 4.12. The van der Waals surface area contributed by atoms with Gasteiger partial charge in [0, 0.05) is 19.5 Å². The maximum absolute atomic E-state index is 12.1. The molecule has 0 aromatic heterocycles. The molecule has 1 fully saturated rings. The van der Waals surface area contributed by atoms with Crippen LogP contribution in [0.1, 0.15) is 18.0 Å². The molecule has 2 unspecified atom stereocenters. The first kappa shape index (κ1) is 15.8. The molecular formula is C16H25N3O2. The van der Waals surface area contributed by atoms with Crippen molar-refractivity contribution in [1.29, 1.82) is 0 Å². The average molecular weight is 291 g/mol. The van der Waals surface area contributed by atoms with E-state index in [2.05, 4.69) is 11.0 Å². The molecule has 2 rings (SSSR count). The number of nitrogens with zero attached hydrogens (tertiary/aromatic N) is 2. The highest BCUT2D eigenvalue weighted by molar-refractivity contribution is 5.78. The van der Waals surface area contributed by atoms with Crippen molar-refractivity contribution in [3.05, 3.63) is 29.8 Å². The van der Waals surface area contributed by atoms with Crippen LogP contribution in [0.15, 0.2) is 24.3 Å². The molecule has 1 saturated heterocycles. The molecule has 1 aliphatic rings. The van der Waals surface area contributed by atoms with Crippen molar-refractivity contribution in [3.63, 3.8) is 0 Å². The average Bonchev–Trinajstić information content (AvgIpc) is 2.84. The van der Waals surface area contributed by atoms with Gasteiger partial charge < -0.3 is 20.3 Å². The molecule has 0 spiro atoms. The van der Waals surface area contributed by atoms with Crippen molar-refractivity contribution in [2.45, 2.75) is 12.5 Å². The van der Waals surface area contributed by atoms with Crippen molar-refractivity contribution in [3.8, 4) is 5.75 Å². The lowest BCUT2D eigenvalue weighted by Gasteiger charge is -2.29. The van der Waals surface area contributed by atoms with E-state index in [4.69, 9.17) is 10.5 Å². The Bertz CT molecular complexity index is 490. The van der Waals surface area contributed by atoms with Crippen molar-refractivity contribution in [1.82, 2.24) is 9.80 Å². The predicted octanol–water partition coefficient (Wildman–Crippen LogP) is 1.11. The maximum Gasteiger partial charge on any atom is 0.223 e. The Kier molecular flexibility index (Phi) is 5.20. The molecule has 2 atom stereocenters. The minimum absolute atomic E-state index is 0.153. The fourth-order valence-electron chi connectivity index (χ4n) is 2.81. The van der Waals surface area contributed by atoms with E-state index in [1.54, 1.807) is 7.11 Å². The molecule has 116 valence electrons. The zero-order valence-corrected chi connectivity index (χ0v) is 13.1. The lowest BCUT2D eigenvalue weighted by atomic mass is 10.0. The molecule has 1 aromatic rings. The van der Waals surface area contributed by atoms with E-state index in [1.807, 2.05) is 37.2 Å². The van der Waals surface area contributed by atoms with Crippen LogP contribution in [0, 0.1) is 5.92 Å². The van der Waals surface area contributed by atoms with Crippen LogP contribution in [-0.4, -0.2) is 56.5 Å². The van der Waals surface area contributed by atoms with Gasteiger partial charge in [-0.25, -0.2) is 0 Å². The third-order valence-corrected chi connectivity index (χ3v) is 4.12. The van der Waals surface area contributed by atoms with E-state index in [9.17, 15) is 4.79 Å². The van der Waals surface area contributed by atoms with E-state index >= 15 is 0 Å². The van der Waals surface area contributed by atoms with Crippen molar-refractivity contribution in [2.75, 3.05) is 40.8 Å². The number of amides is 1. The summed E-state index contributed by atoms with van der Waals surface area (Å²) >= 11 is 0. The monoisotopic (exact) mass is 291 g/mol. The SMILES string of the molecule is COc1cccc(C(CN2CC(CN)CC2=O)N(C)C)c1. The molecule has 5 nitrogen and oxygen atoms in total. The largest absolute Gasteiger partial charge is 0.497 e. The number of hydrogen-bond acceptors (Lipinski definition) is 4. The molecule has 1 amide bonds. The Labute approximate surface area is 126 Å². The zero-order valence-electron chi connectivity index (χ0n) is 13.1. The molecule has 1 heterocycles. The molecule has 21 heavy (non-hydrogen) atoms. The van der Waals surface area contributed by atoms with Crippen LogP contribution in [-0.2, 0) is 4.79 Å². The molecule has 1 aromatic carbocycles. The fraction of sp³-hybridized carbons (Fsp3) is 0.562. The van der Waals surface area contributed by atoms with Gasteiger partial charge in [0.2, 0.25) is 5.91 Å². The van der Waals surface area contributed by atoms with Crippen molar-refractivity contribution in [2.24, 2.45) is 11.7 Å². The van der Waals surface area contributed by atoms with Gasteiger partial charge in [-0.2, -0.15) is 0 Å². The molecule has 5 heteroatoms. The van der Waals surface area contributed by atoms with Gasteiger partial charge in [0.15, 0.2) is 0 Å². The fourth-order valence-corrected chi connectivity index (χ4v) is 2.81. The smallest absolute Gasteiger partial charge is 0.223 e. The van der Waals surface area contributed by atoms with E-state index in [1.165, 1.54) is 0 Å². The van der Waals surface area contributed by atoms with Gasteiger partial charge in [0.25, 0.3) is 0 Å². The van der Waals surface area contributed by atoms with Crippen LogP contribution >= 0.6 is 0 Å². The first-order chi connectivity index (χ1) is 10.0. The van der Waals surface area contributed by atoms with Gasteiger partial charge in [-0.15, -0.1) is 0 Å². The molecule has 0 saturated carbocycles. The standard InChI is InChI=1S/C16H25N3O2/c1-18(2)15(13-5-4-6-14(8-13)21-3)11-19-10-12(9-17)7-16(19)20/h4-6,8,12,15H,7,9-11,17H2,1-3H3. The first-order valence-electron chi connectivity index (χ1n) is 7.33. The maximum atomic E-state index is 12.1. The molecule has 2 N–H and O–H groups in total. The second-order valence-electron chi connectivity index (χ2n) is 5.86. The first-order valence-corrected chi connectivity index (χ1v) is 7.33. The highest BCUT2D eigenvalue weighted by Gasteiger charge is 2.31. The number of nitrogens with two attached hydrogens (primary N) is 1. The minimum Gasteiger partial charge on any atom is -0.497 e. The summed E-state index contributed by atoms with van der Waals surface area (Å²) in [6.07, 6.45) is 0.578. The number of rotatable bonds is 6. The van der Waals surface area contributed by atoms with E-state index in [0.717, 1.165) is 17.9 Å². The Morgan fingerprint density at radius 3 is 2.81 bits per heavy atom. The minimum atomic E-state index is 0.153. The summed E-state index contributed by atoms with van der Waals surface area (Å²) in [5, 5.41) is 0. The number of likely N-dealkylation sites (tertiary alicyclic amines) is 1. The summed E-state index contributed by atoms with van der Waals surface area (Å²) in [5.41, 5.74) is 6.85. The van der Waals surface area contributed by atoms with Crippen molar-refractivity contribution >= 4 is 5.91 Å². The van der Waals surface area contributed by atoms with Crippen LogP contribution < -0.4 is 10.5 Å². The second kappa shape index (κ2) is 6.91. The van der Waals surface area contributed by atoms with Gasteiger partial charge in [0.05, 0.1) is 13.2 Å². The van der Waals surface area contributed by atoms with Crippen LogP contribution in [0.3, 0.4) is 0 Å². The normalized spacial score (nSPS) is 20.1. The lowest BCUT2D eigenvalue weighted by molar-refractivity contribution is -0.128. The van der Waals surface area contributed by atoms with Crippen LogP contribution in [0.5, 0.6) is 5.75 Å². The number of likely N-dealkylation sites (N-methyl/N-ethyl adjacent to an activating group) is 1. The molecule has 0 radical (unpaired) electrons. The van der Waals surface area contributed by atoms with Crippen LogP contribution in [0.4, 0.5) is 0 Å². The third kappa shape index (κ3) is 3.74. The number of ether oxygens (including phenoxy) is 1. The van der Waals surface area contributed by atoms with Crippen LogP contribution in [0.2, 0.25) is 0 Å². The number of methoxy groups -OCH3 is 1. The molecular weight excluding hydrogens is 266 g/mol. The summed E-state index contributed by atoms with van der Waals surface area (Å²) < 4.78 is 5.29. The van der Waals surface area contributed by atoms with Crippen molar-refractivity contribution < 1.29 is 9.53 Å². The van der Waals surface area contributed by atoms with E-state index in [-0.39, 0.29) is 11.9 Å². The lowest BCUT2D eigenvalue weighted by Crippen LogP contribution is -2.36. The summed E-state index contributed by atoms with van der Waals surface area (Å²) in [6, 6.07) is 8.18.